The van der Waals surface area contributed by atoms with E-state index in [4.69, 9.17) is 4.74 Å². The summed E-state index contributed by atoms with van der Waals surface area (Å²) in [6.45, 7) is 3.24. The highest BCUT2D eigenvalue weighted by atomic mass is 16.5. The molecule has 1 aliphatic rings. The summed E-state index contributed by atoms with van der Waals surface area (Å²) in [6.07, 6.45) is 1.13. The summed E-state index contributed by atoms with van der Waals surface area (Å²) in [4.78, 5) is 40.0. The zero-order valence-electron chi connectivity index (χ0n) is 20.3. The minimum absolute atomic E-state index is 0.0323. The van der Waals surface area contributed by atoms with E-state index in [0.717, 1.165) is 12.1 Å². The maximum absolute atomic E-state index is 13.1. The third kappa shape index (κ3) is 6.98. The molecule has 7 nitrogen and oxygen atoms in total. The molecule has 182 valence electrons. The average molecular weight is 466 g/mol. The predicted octanol–water partition coefficient (Wildman–Crippen LogP) is 2.56. The van der Waals surface area contributed by atoms with Gasteiger partial charge in [-0.2, -0.15) is 0 Å². The van der Waals surface area contributed by atoms with Gasteiger partial charge in [-0.15, -0.1) is 0 Å². The maximum Gasteiger partial charge on any atom is 0.251 e. The van der Waals surface area contributed by atoms with Crippen LogP contribution in [0.1, 0.15) is 42.1 Å². The smallest absolute Gasteiger partial charge is 0.251 e. The largest absolute Gasteiger partial charge is 0.368 e. The maximum atomic E-state index is 13.1. The molecule has 7 heteroatoms. The van der Waals surface area contributed by atoms with Crippen molar-refractivity contribution in [2.75, 3.05) is 33.8 Å². The summed E-state index contributed by atoms with van der Waals surface area (Å²) < 4.78 is 5.64. The number of rotatable bonds is 11. The quantitative estimate of drug-likeness (QED) is 0.533. The fraction of sp³-hybridized carbons (Fsp3) is 0.444. The molecule has 0 aromatic heterocycles. The highest BCUT2D eigenvalue weighted by Gasteiger charge is 2.38. The van der Waals surface area contributed by atoms with Crippen LogP contribution in [0.5, 0.6) is 0 Å². The Hall–Kier alpha value is -3.03. The lowest BCUT2D eigenvalue weighted by atomic mass is 9.76. The molecule has 1 fully saturated rings. The molecule has 34 heavy (non-hydrogen) atoms. The Morgan fingerprint density at radius 1 is 1.06 bits per heavy atom. The molecule has 3 rings (SSSR count). The van der Waals surface area contributed by atoms with Crippen LogP contribution in [-0.2, 0) is 19.7 Å². The fourth-order valence-electron chi connectivity index (χ4n) is 4.29. The fourth-order valence-corrected chi connectivity index (χ4v) is 4.29. The molecule has 0 saturated carbocycles. The van der Waals surface area contributed by atoms with Gasteiger partial charge >= 0.3 is 0 Å². The first-order chi connectivity index (χ1) is 16.3. The van der Waals surface area contributed by atoms with Crippen molar-refractivity contribution in [2.24, 2.45) is 0 Å². The number of Topliss-reactive ketones (excluding diaryl/α,β-unsaturated/α-hetero) is 1. The lowest BCUT2D eigenvalue weighted by Crippen LogP contribution is -2.47. The van der Waals surface area contributed by atoms with Crippen LogP contribution in [0.3, 0.4) is 0 Å². The van der Waals surface area contributed by atoms with Crippen LogP contribution >= 0.6 is 0 Å². The first-order valence-electron chi connectivity index (χ1n) is 11.8. The monoisotopic (exact) mass is 465 g/mol. The minimum atomic E-state index is -0.620. The van der Waals surface area contributed by atoms with Gasteiger partial charge in [0.15, 0.2) is 5.78 Å². The summed E-state index contributed by atoms with van der Waals surface area (Å²) in [6, 6.07) is 18.3. The highest BCUT2D eigenvalue weighted by molar-refractivity contribution is 5.94. The van der Waals surface area contributed by atoms with E-state index in [-0.39, 0.29) is 36.7 Å². The molecular formula is C27H35N3O4. The van der Waals surface area contributed by atoms with Crippen molar-refractivity contribution in [3.8, 4) is 0 Å². The molecule has 2 aromatic rings. The van der Waals surface area contributed by atoms with Crippen LogP contribution in [0, 0.1) is 0 Å². The minimum Gasteiger partial charge on any atom is -0.368 e. The molecule has 0 bridgehead atoms. The van der Waals surface area contributed by atoms with Crippen molar-refractivity contribution in [1.82, 2.24) is 15.5 Å². The number of hydrogen-bond acceptors (Lipinski definition) is 5. The van der Waals surface area contributed by atoms with E-state index in [1.165, 1.54) is 0 Å². The molecule has 0 radical (unpaired) electrons. The molecule has 2 aromatic carbocycles. The van der Waals surface area contributed by atoms with E-state index in [9.17, 15) is 14.4 Å². The number of hydrogen-bond donors (Lipinski definition) is 2. The van der Waals surface area contributed by atoms with Crippen LogP contribution in [-0.4, -0.2) is 68.4 Å². The number of carbonyl (C=O) groups is 3. The lowest BCUT2D eigenvalue weighted by molar-refractivity contribution is -0.127. The Balaban J connectivity index is 1.65. The number of benzene rings is 2. The molecule has 2 N–H and O–H groups in total. The van der Waals surface area contributed by atoms with Crippen LogP contribution < -0.4 is 10.6 Å². The van der Waals surface area contributed by atoms with Gasteiger partial charge in [-0.1, -0.05) is 55.5 Å². The van der Waals surface area contributed by atoms with Crippen LogP contribution in [0.2, 0.25) is 0 Å². The number of nitrogens with zero attached hydrogens (tertiary/aromatic N) is 1. The second kappa shape index (κ2) is 11.9. The highest BCUT2D eigenvalue weighted by Crippen LogP contribution is 2.31. The van der Waals surface area contributed by atoms with Crippen molar-refractivity contribution in [3.05, 3.63) is 71.8 Å². The summed E-state index contributed by atoms with van der Waals surface area (Å²) in [5.74, 6) is -0.425. The summed E-state index contributed by atoms with van der Waals surface area (Å²) in [5, 5.41) is 5.90. The summed E-state index contributed by atoms with van der Waals surface area (Å²) in [5.41, 5.74) is 1.10. The third-order valence-corrected chi connectivity index (χ3v) is 6.36. The number of carbonyl (C=O) groups excluding carboxylic acids is 3. The first kappa shape index (κ1) is 25.6. The van der Waals surface area contributed by atoms with Crippen molar-refractivity contribution >= 4 is 17.6 Å². The van der Waals surface area contributed by atoms with Gasteiger partial charge in [0.05, 0.1) is 6.10 Å². The number of ether oxygens (including phenoxy) is 1. The van der Waals surface area contributed by atoms with Crippen LogP contribution in [0.4, 0.5) is 0 Å². The second-order valence-electron chi connectivity index (χ2n) is 9.43. The van der Waals surface area contributed by atoms with E-state index in [1.54, 1.807) is 12.1 Å². The van der Waals surface area contributed by atoms with Gasteiger partial charge in [-0.3, -0.25) is 14.4 Å². The standard InChI is InChI=1S/C27H35N3O4/c1-27(21-12-8-5-9-13-21,15-16-28-26(33)20-10-6-4-7-11-20)18-24(32)29-25-22(31)19-34-23(25)14-17-30(2)3/h4-13,23,25H,14-19H2,1-3H3,(H,28,33)(H,29,32). The van der Waals surface area contributed by atoms with Crippen molar-refractivity contribution in [1.29, 1.82) is 0 Å². The zero-order chi connectivity index (χ0) is 24.6. The van der Waals surface area contributed by atoms with E-state index in [1.807, 2.05) is 74.4 Å². The van der Waals surface area contributed by atoms with Gasteiger partial charge in [0.2, 0.25) is 5.91 Å². The SMILES string of the molecule is CN(C)CCC1OCC(=O)C1NC(=O)CC(C)(CCNC(=O)c1ccccc1)c1ccccc1. The van der Waals surface area contributed by atoms with Gasteiger partial charge in [0.1, 0.15) is 12.6 Å². The van der Waals surface area contributed by atoms with Crippen molar-refractivity contribution in [3.63, 3.8) is 0 Å². The molecule has 2 amide bonds. The number of amides is 2. The molecular weight excluding hydrogens is 430 g/mol. The van der Waals surface area contributed by atoms with Gasteiger partial charge in [-0.25, -0.2) is 0 Å². The van der Waals surface area contributed by atoms with Crippen LogP contribution in [0.25, 0.3) is 0 Å². The molecule has 1 aliphatic heterocycles. The number of ketones is 1. The summed E-state index contributed by atoms with van der Waals surface area (Å²) in [7, 11) is 3.93. The van der Waals surface area contributed by atoms with Crippen LogP contribution in [0.15, 0.2) is 60.7 Å². The number of nitrogens with one attached hydrogen (secondary N) is 2. The molecule has 0 spiro atoms. The molecule has 1 saturated heterocycles. The summed E-state index contributed by atoms with van der Waals surface area (Å²) >= 11 is 0. The zero-order valence-corrected chi connectivity index (χ0v) is 20.3. The normalized spacial score (nSPS) is 19.6. The Kier molecular flexibility index (Phi) is 8.96. The topological polar surface area (TPSA) is 87.7 Å². The van der Waals surface area contributed by atoms with Gasteiger partial charge in [0, 0.05) is 30.5 Å². The van der Waals surface area contributed by atoms with E-state index >= 15 is 0 Å². The van der Waals surface area contributed by atoms with Crippen molar-refractivity contribution < 1.29 is 19.1 Å². The molecule has 3 atom stereocenters. The average Bonchev–Trinajstić information content (AvgIpc) is 3.17. The first-order valence-corrected chi connectivity index (χ1v) is 11.8. The van der Waals surface area contributed by atoms with E-state index in [0.29, 0.717) is 24.9 Å². The Labute approximate surface area is 201 Å². The Morgan fingerprint density at radius 2 is 1.71 bits per heavy atom. The molecule has 0 aliphatic carbocycles. The molecule has 1 heterocycles. The second-order valence-corrected chi connectivity index (χ2v) is 9.43. The van der Waals surface area contributed by atoms with Crippen molar-refractivity contribution in [2.45, 2.75) is 43.7 Å². The molecule has 3 unspecified atom stereocenters. The van der Waals surface area contributed by atoms with E-state index < -0.39 is 11.5 Å². The Bertz CT molecular complexity index is 964. The predicted molar refractivity (Wildman–Crippen MR) is 132 cm³/mol. The van der Waals surface area contributed by atoms with E-state index in [2.05, 4.69) is 10.6 Å². The Morgan fingerprint density at radius 3 is 2.35 bits per heavy atom. The third-order valence-electron chi connectivity index (χ3n) is 6.36. The van der Waals surface area contributed by atoms with Gasteiger partial charge in [0.25, 0.3) is 5.91 Å². The van der Waals surface area contributed by atoms with Gasteiger partial charge < -0.3 is 20.3 Å². The lowest BCUT2D eigenvalue weighted by Gasteiger charge is -2.31. The van der Waals surface area contributed by atoms with Gasteiger partial charge in [-0.05, 0) is 44.6 Å².